The first kappa shape index (κ1) is 24.5. The molecule has 9 heteroatoms. The van der Waals surface area contributed by atoms with Crippen molar-refractivity contribution in [3.63, 3.8) is 0 Å². The van der Waals surface area contributed by atoms with Crippen molar-refractivity contribution in [2.24, 2.45) is 11.8 Å². The summed E-state index contributed by atoms with van der Waals surface area (Å²) < 4.78 is 28.0. The minimum Gasteiger partial charge on any atom is -0.502 e. The summed E-state index contributed by atoms with van der Waals surface area (Å²) in [5, 5.41) is 14.0. The number of fused-ring (bicyclic) bond motifs is 3. The SMILES string of the molecule is COc1cc([C@@H]2c3cc4c(cc3[C@@H](CCNCCN(C)C)[C@H]3C(=O)OC[C@H]23)OCO4)cc(OC)c1O. The number of nitrogens with zero attached hydrogens (tertiary/aromatic N) is 1. The Morgan fingerprint density at radius 2 is 1.67 bits per heavy atom. The van der Waals surface area contributed by atoms with E-state index in [2.05, 4.69) is 10.2 Å². The van der Waals surface area contributed by atoms with Gasteiger partial charge in [0.2, 0.25) is 12.5 Å². The Morgan fingerprint density at radius 3 is 2.31 bits per heavy atom. The molecule has 0 amide bonds. The molecule has 0 spiro atoms. The molecule has 2 N–H and O–H groups in total. The summed E-state index contributed by atoms with van der Waals surface area (Å²) in [5.41, 5.74) is 3.04. The maximum absolute atomic E-state index is 13.1. The molecule has 0 radical (unpaired) electrons. The third-order valence-electron chi connectivity index (χ3n) is 7.56. The Labute approximate surface area is 211 Å². The average Bonchev–Trinajstić information content (AvgIpc) is 3.48. The molecule has 36 heavy (non-hydrogen) atoms. The maximum atomic E-state index is 13.1. The zero-order chi connectivity index (χ0) is 25.4. The van der Waals surface area contributed by atoms with Crippen molar-refractivity contribution >= 4 is 5.97 Å². The van der Waals surface area contributed by atoms with Gasteiger partial charge >= 0.3 is 5.97 Å². The van der Waals surface area contributed by atoms with Crippen LogP contribution in [0.25, 0.3) is 0 Å². The standard InChI is InChI=1S/C27H34N2O7/c1-29(2)8-7-28-6-5-16-17-11-20-21(36-14-35-20)12-18(17)24(19-13-34-27(31)25(16)19)15-9-22(32-3)26(30)23(10-15)33-4/h9-12,16,19,24-25,28,30H,5-8,13-14H2,1-4H3/t16-,19-,24-,25-/m1/s1. The average molecular weight is 499 g/mol. The molecule has 1 fully saturated rings. The van der Waals surface area contributed by atoms with E-state index < -0.39 is 0 Å². The minimum atomic E-state index is -0.288. The van der Waals surface area contributed by atoms with E-state index >= 15 is 0 Å². The summed E-state index contributed by atoms with van der Waals surface area (Å²) in [5.74, 6) is 1.27. The Morgan fingerprint density at radius 1 is 1.00 bits per heavy atom. The van der Waals surface area contributed by atoms with Crippen molar-refractivity contribution in [2.45, 2.75) is 18.3 Å². The van der Waals surface area contributed by atoms with Crippen molar-refractivity contribution < 1.29 is 33.6 Å². The normalized spacial score (nSPS) is 23.9. The smallest absolute Gasteiger partial charge is 0.310 e. The zero-order valence-corrected chi connectivity index (χ0v) is 21.2. The molecule has 1 saturated heterocycles. The second-order valence-corrected chi connectivity index (χ2v) is 9.85. The highest BCUT2D eigenvalue weighted by Crippen LogP contribution is 2.56. The maximum Gasteiger partial charge on any atom is 0.310 e. The molecular formula is C27H34N2O7. The fourth-order valence-corrected chi connectivity index (χ4v) is 5.85. The van der Waals surface area contributed by atoms with Gasteiger partial charge in [-0.3, -0.25) is 4.79 Å². The Bertz CT molecular complexity index is 1110. The van der Waals surface area contributed by atoms with Gasteiger partial charge in [0, 0.05) is 24.9 Å². The number of likely N-dealkylation sites (N-methyl/N-ethyl adjacent to an activating group) is 1. The molecule has 0 bridgehead atoms. The molecule has 9 nitrogen and oxygen atoms in total. The van der Waals surface area contributed by atoms with Crippen molar-refractivity contribution in [2.75, 3.05) is 61.3 Å². The first-order chi connectivity index (χ1) is 17.4. The van der Waals surface area contributed by atoms with Gasteiger partial charge in [-0.15, -0.1) is 0 Å². The van der Waals surface area contributed by atoms with E-state index in [1.165, 1.54) is 14.2 Å². The highest BCUT2D eigenvalue weighted by Gasteiger charge is 2.52. The van der Waals surface area contributed by atoms with Crippen LogP contribution in [0.15, 0.2) is 24.3 Å². The summed E-state index contributed by atoms with van der Waals surface area (Å²) in [6, 6.07) is 7.71. The van der Waals surface area contributed by atoms with E-state index in [-0.39, 0.29) is 42.2 Å². The van der Waals surface area contributed by atoms with Crippen molar-refractivity contribution in [1.29, 1.82) is 0 Å². The van der Waals surface area contributed by atoms with E-state index in [1.807, 2.05) is 38.4 Å². The minimum absolute atomic E-state index is 0.0153. The molecule has 0 saturated carbocycles. The van der Waals surface area contributed by atoms with Gasteiger partial charge in [-0.05, 0) is 73.9 Å². The van der Waals surface area contributed by atoms with Crippen LogP contribution >= 0.6 is 0 Å². The lowest BCUT2D eigenvalue weighted by atomic mass is 9.62. The lowest BCUT2D eigenvalue weighted by molar-refractivity contribution is -0.142. The van der Waals surface area contributed by atoms with Gasteiger partial charge < -0.3 is 39.0 Å². The number of nitrogens with one attached hydrogen (secondary N) is 1. The van der Waals surface area contributed by atoms with Crippen molar-refractivity contribution in [3.05, 3.63) is 41.0 Å². The number of carbonyl (C=O) groups is 1. The third-order valence-corrected chi connectivity index (χ3v) is 7.56. The van der Waals surface area contributed by atoms with Crippen molar-refractivity contribution in [1.82, 2.24) is 10.2 Å². The molecule has 2 aromatic rings. The molecule has 4 atom stereocenters. The number of benzene rings is 2. The second kappa shape index (κ2) is 10.1. The topological polar surface area (TPSA) is 98.7 Å². The summed E-state index contributed by atoms with van der Waals surface area (Å²) in [4.78, 5) is 15.3. The highest BCUT2D eigenvalue weighted by atomic mass is 16.7. The molecule has 3 aliphatic rings. The zero-order valence-electron chi connectivity index (χ0n) is 21.2. The number of hydrogen-bond acceptors (Lipinski definition) is 9. The second-order valence-electron chi connectivity index (χ2n) is 9.85. The van der Waals surface area contributed by atoms with E-state index in [4.69, 9.17) is 23.7 Å². The molecule has 2 aliphatic heterocycles. The number of aromatic hydroxyl groups is 1. The van der Waals surface area contributed by atoms with Crippen LogP contribution in [0.1, 0.15) is 34.9 Å². The molecule has 0 unspecified atom stereocenters. The predicted octanol–water partition coefficient (Wildman–Crippen LogP) is 2.70. The van der Waals surface area contributed by atoms with Crippen LogP contribution in [0.2, 0.25) is 0 Å². The lowest BCUT2D eigenvalue weighted by Crippen LogP contribution is -2.36. The number of phenols is 1. The summed E-state index contributed by atoms with van der Waals surface area (Å²) in [6.07, 6.45) is 0.797. The lowest BCUT2D eigenvalue weighted by Gasteiger charge is -2.39. The van der Waals surface area contributed by atoms with E-state index in [1.54, 1.807) is 0 Å². The highest BCUT2D eigenvalue weighted by molar-refractivity contribution is 5.78. The molecule has 0 aromatic heterocycles. The fraction of sp³-hybridized carbons (Fsp3) is 0.519. The number of methoxy groups -OCH3 is 2. The Kier molecular flexibility index (Phi) is 6.85. The Hall–Kier alpha value is -3.17. The molecule has 1 aliphatic carbocycles. The van der Waals surface area contributed by atoms with Crippen LogP contribution < -0.4 is 24.3 Å². The molecule has 5 rings (SSSR count). The number of phenolic OH excluding ortho intramolecular Hbond substituents is 1. The number of rotatable bonds is 9. The van der Waals surface area contributed by atoms with Crippen LogP contribution in [0, 0.1) is 11.8 Å². The van der Waals surface area contributed by atoms with Gasteiger partial charge in [-0.1, -0.05) is 0 Å². The predicted molar refractivity (Wildman–Crippen MR) is 132 cm³/mol. The van der Waals surface area contributed by atoms with Gasteiger partial charge in [0.15, 0.2) is 23.0 Å². The quantitative estimate of drug-likeness (QED) is 0.399. The number of carbonyl (C=O) groups excluding carboxylic acids is 1. The van der Waals surface area contributed by atoms with Gasteiger partial charge in [-0.25, -0.2) is 0 Å². The number of esters is 1. The summed E-state index contributed by atoms with van der Waals surface area (Å²) in [6.45, 7) is 3.12. The number of hydrogen-bond donors (Lipinski definition) is 2. The van der Waals surface area contributed by atoms with Gasteiger partial charge in [0.05, 0.1) is 26.7 Å². The van der Waals surface area contributed by atoms with Gasteiger partial charge in [0.25, 0.3) is 0 Å². The largest absolute Gasteiger partial charge is 0.502 e. The third kappa shape index (κ3) is 4.30. The first-order valence-electron chi connectivity index (χ1n) is 12.3. The first-order valence-corrected chi connectivity index (χ1v) is 12.3. The van der Waals surface area contributed by atoms with E-state index in [0.717, 1.165) is 42.7 Å². The van der Waals surface area contributed by atoms with Crippen LogP contribution in [0.4, 0.5) is 0 Å². The number of cyclic esters (lactones) is 1. The van der Waals surface area contributed by atoms with Crippen molar-refractivity contribution in [3.8, 4) is 28.7 Å². The Balaban J connectivity index is 1.58. The van der Waals surface area contributed by atoms with Crippen LogP contribution in [0.5, 0.6) is 28.7 Å². The summed E-state index contributed by atoms with van der Waals surface area (Å²) in [7, 11) is 7.12. The van der Waals surface area contributed by atoms with Gasteiger partial charge in [-0.2, -0.15) is 0 Å². The van der Waals surface area contributed by atoms with E-state index in [0.29, 0.717) is 29.6 Å². The molecular weight excluding hydrogens is 464 g/mol. The van der Waals surface area contributed by atoms with E-state index in [9.17, 15) is 9.90 Å². The van der Waals surface area contributed by atoms with Crippen LogP contribution in [0.3, 0.4) is 0 Å². The van der Waals surface area contributed by atoms with Gasteiger partial charge in [0.1, 0.15) is 0 Å². The number of ether oxygens (including phenoxy) is 5. The summed E-state index contributed by atoms with van der Waals surface area (Å²) >= 11 is 0. The molecule has 194 valence electrons. The molecule has 2 aromatic carbocycles. The monoisotopic (exact) mass is 498 g/mol. The van der Waals surface area contributed by atoms with Crippen LogP contribution in [-0.4, -0.2) is 77.3 Å². The fourth-order valence-electron chi connectivity index (χ4n) is 5.85. The van der Waals surface area contributed by atoms with Crippen LogP contribution in [-0.2, 0) is 9.53 Å². The molecule has 2 heterocycles.